The lowest BCUT2D eigenvalue weighted by Crippen LogP contribution is -2.02. The normalized spacial score (nSPS) is 12.1. The van der Waals surface area contributed by atoms with Gasteiger partial charge in [0.15, 0.2) is 0 Å². The van der Waals surface area contributed by atoms with E-state index in [0.717, 1.165) is 0 Å². The molecule has 2 aromatic rings. The lowest BCUT2D eigenvalue weighted by atomic mass is 10.0. The molecule has 19 heavy (non-hydrogen) atoms. The highest BCUT2D eigenvalue weighted by Crippen LogP contribution is 2.30. The molecule has 98 valence electrons. The number of nitrogens with zero attached hydrogens (tertiary/aromatic N) is 1. The fraction of sp³-hybridized carbons (Fsp3) is 0.143. The van der Waals surface area contributed by atoms with Crippen LogP contribution in [0, 0.1) is 15.9 Å². The van der Waals surface area contributed by atoms with Crippen LogP contribution in [0.4, 0.5) is 10.1 Å². The van der Waals surface area contributed by atoms with Gasteiger partial charge in [0.1, 0.15) is 5.82 Å². The lowest BCUT2D eigenvalue weighted by Gasteiger charge is -2.11. The number of benzene rings is 2. The average molecular weight is 280 g/mol. The summed E-state index contributed by atoms with van der Waals surface area (Å²) in [5.41, 5.74) is 0.850. The summed E-state index contributed by atoms with van der Waals surface area (Å²) in [5.74, 6) is -0.402. The first-order chi connectivity index (χ1) is 9.09. The summed E-state index contributed by atoms with van der Waals surface area (Å²) in [4.78, 5) is 10.4. The third-order valence-electron chi connectivity index (χ3n) is 2.83. The number of nitro groups is 1. The fourth-order valence-electron chi connectivity index (χ4n) is 1.89. The molecule has 0 aliphatic heterocycles. The molecular weight excluding hydrogens is 269 g/mol. The third kappa shape index (κ3) is 3.09. The minimum absolute atomic E-state index is 0.00416. The zero-order valence-corrected chi connectivity index (χ0v) is 10.7. The molecule has 0 saturated carbocycles. The Balaban J connectivity index is 2.27. The van der Waals surface area contributed by atoms with Gasteiger partial charge in [0.2, 0.25) is 0 Å². The molecule has 0 radical (unpaired) electrons. The van der Waals surface area contributed by atoms with Crippen molar-refractivity contribution in [3.05, 3.63) is 75.6 Å². The second-order valence-corrected chi connectivity index (χ2v) is 4.61. The minimum Gasteiger partial charge on any atom is -0.258 e. The van der Waals surface area contributed by atoms with Crippen LogP contribution in [0.3, 0.4) is 0 Å². The largest absolute Gasteiger partial charge is 0.272 e. The van der Waals surface area contributed by atoms with Gasteiger partial charge in [-0.3, -0.25) is 10.1 Å². The first-order valence-electron chi connectivity index (χ1n) is 5.70. The minimum atomic E-state index is -0.637. The maximum atomic E-state index is 13.6. The van der Waals surface area contributed by atoms with Crippen molar-refractivity contribution < 1.29 is 9.31 Å². The van der Waals surface area contributed by atoms with Gasteiger partial charge >= 0.3 is 0 Å². The highest BCUT2D eigenvalue weighted by Gasteiger charge is 2.19. The zero-order valence-electron chi connectivity index (χ0n) is 9.92. The average Bonchev–Trinajstić information content (AvgIpc) is 2.39. The Labute approximate surface area is 114 Å². The van der Waals surface area contributed by atoms with Crippen LogP contribution in [-0.2, 0) is 6.42 Å². The molecule has 0 bridgehead atoms. The van der Waals surface area contributed by atoms with E-state index in [1.165, 1.54) is 12.1 Å². The second-order valence-electron chi connectivity index (χ2n) is 4.08. The molecule has 2 rings (SSSR count). The van der Waals surface area contributed by atoms with Crippen molar-refractivity contribution in [3.63, 3.8) is 0 Å². The number of nitro benzene ring substituents is 1. The van der Waals surface area contributed by atoms with Gasteiger partial charge in [-0.1, -0.05) is 36.4 Å². The molecule has 1 unspecified atom stereocenters. The predicted octanol–water partition coefficient (Wildman–Crippen LogP) is 4.26. The molecule has 0 saturated heterocycles. The summed E-state index contributed by atoms with van der Waals surface area (Å²) in [6.45, 7) is 0. The summed E-state index contributed by atoms with van der Waals surface area (Å²) in [7, 11) is 0. The molecule has 0 amide bonds. The van der Waals surface area contributed by atoms with Crippen molar-refractivity contribution in [1.82, 2.24) is 0 Å². The van der Waals surface area contributed by atoms with Crippen molar-refractivity contribution in [1.29, 1.82) is 0 Å². The van der Waals surface area contributed by atoms with Crippen molar-refractivity contribution >= 4 is 17.3 Å². The fourth-order valence-corrected chi connectivity index (χ4v) is 2.24. The Morgan fingerprint density at radius 1 is 1.16 bits per heavy atom. The third-order valence-corrected chi connectivity index (χ3v) is 3.22. The highest BCUT2D eigenvalue weighted by atomic mass is 35.5. The van der Waals surface area contributed by atoms with Gasteiger partial charge < -0.3 is 0 Å². The first-order valence-corrected chi connectivity index (χ1v) is 6.14. The van der Waals surface area contributed by atoms with Crippen molar-refractivity contribution in [2.45, 2.75) is 11.8 Å². The lowest BCUT2D eigenvalue weighted by molar-refractivity contribution is -0.385. The van der Waals surface area contributed by atoms with Crippen LogP contribution < -0.4 is 0 Å². The Hall–Kier alpha value is -1.94. The predicted molar refractivity (Wildman–Crippen MR) is 71.8 cm³/mol. The van der Waals surface area contributed by atoms with E-state index in [9.17, 15) is 14.5 Å². The van der Waals surface area contributed by atoms with Gasteiger partial charge in [0.25, 0.3) is 5.69 Å². The second kappa shape index (κ2) is 5.80. The van der Waals surface area contributed by atoms with Crippen LogP contribution in [0.2, 0.25) is 0 Å². The molecule has 0 fully saturated rings. The Kier molecular flexibility index (Phi) is 4.12. The number of hydrogen-bond donors (Lipinski definition) is 0. The van der Waals surface area contributed by atoms with E-state index >= 15 is 0 Å². The van der Waals surface area contributed by atoms with Crippen LogP contribution >= 0.6 is 11.6 Å². The Morgan fingerprint density at radius 3 is 2.47 bits per heavy atom. The van der Waals surface area contributed by atoms with E-state index in [4.69, 9.17) is 11.6 Å². The Bertz CT molecular complexity index is 604. The summed E-state index contributed by atoms with van der Waals surface area (Å²) < 4.78 is 13.6. The molecule has 1 atom stereocenters. The van der Waals surface area contributed by atoms with E-state index in [1.807, 2.05) is 0 Å². The molecule has 0 aromatic heterocycles. The van der Waals surface area contributed by atoms with Gasteiger partial charge in [-0.05, 0) is 12.5 Å². The maximum Gasteiger partial charge on any atom is 0.272 e. The van der Waals surface area contributed by atoms with Crippen molar-refractivity contribution in [2.24, 2.45) is 0 Å². The van der Waals surface area contributed by atoms with Crippen LogP contribution in [0.5, 0.6) is 0 Å². The molecule has 0 aliphatic rings. The standard InChI is InChI=1S/C14H11ClFNO2/c15-12(11-6-2-3-7-13(11)16)9-10-5-1-4-8-14(10)17(18)19/h1-8,12H,9H2. The summed E-state index contributed by atoms with van der Waals surface area (Å²) in [5, 5.41) is 10.3. The summed E-state index contributed by atoms with van der Waals surface area (Å²) >= 11 is 6.16. The molecule has 5 heteroatoms. The van der Waals surface area contributed by atoms with Crippen LogP contribution in [0.1, 0.15) is 16.5 Å². The number of hydrogen-bond acceptors (Lipinski definition) is 2. The zero-order chi connectivity index (χ0) is 13.8. The highest BCUT2D eigenvalue weighted by molar-refractivity contribution is 6.21. The Morgan fingerprint density at radius 2 is 1.79 bits per heavy atom. The van der Waals surface area contributed by atoms with E-state index in [-0.39, 0.29) is 12.1 Å². The molecule has 0 aliphatic carbocycles. The van der Waals surface area contributed by atoms with Crippen LogP contribution in [-0.4, -0.2) is 4.92 Å². The van der Waals surface area contributed by atoms with Crippen LogP contribution in [0.15, 0.2) is 48.5 Å². The van der Waals surface area contributed by atoms with Crippen LogP contribution in [0.25, 0.3) is 0 Å². The summed E-state index contributed by atoms with van der Waals surface area (Å²) in [6.07, 6.45) is 0.208. The monoisotopic (exact) mass is 279 g/mol. The van der Waals surface area contributed by atoms with Crippen molar-refractivity contribution in [2.75, 3.05) is 0 Å². The summed E-state index contributed by atoms with van der Waals surface area (Å²) in [6, 6.07) is 12.5. The van der Waals surface area contributed by atoms with Gasteiger partial charge in [-0.15, -0.1) is 11.6 Å². The molecule has 0 spiro atoms. The molecule has 0 heterocycles. The van der Waals surface area contributed by atoms with E-state index < -0.39 is 16.1 Å². The van der Waals surface area contributed by atoms with E-state index in [0.29, 0.717) is 11.1 Å². The number of halogens is 2. The van der Waals surface area contributed by atoms with Crippen molar-refractivity contribution in [3.8, 4) is 0 Å². The quantitative estimate of drug-likeness (QED) is 0.477. The molecule has 2 aromatic carbocycles. The van der Waals surface area contributed by atoms with Gasteiger partial charge in [0.05, 0.1) is 10.3 Å². The SMILES string of the molecule is O=[N+]([O-])c1ccccc1CC(Cl)c1ccccc1F. The molecular formula is C14H11ClFNO2. The number of rotatable bonds is 4. The molecule has 3 nitrogen and oxygen atoms in total. The smallest absolute Gasteiger partial charge is 0.258 e. The van der Waals surface area contributed by atoms with Gasteiger partial charge in [-0.25, -0.2) is 4.39 Å². The van der Waals surface area contributed by atoms with E-state index in [1.54, 1.807) is 36.4 Å². The number of alkyl halides is 1. The number of para-hydroxylation sites is 1. The molecule has 0 N–H and O–H groups in total. The first kappa shape index (κ1) is 13.5. The van der Waals surface area contributed by atoms with Gasteiger partial charge in [0, 0.05) is 17.2 Å². The van der Waals surface area contributed by atoms with Gasteiger partial charge in [-0.2, -0.15) is 0 Å². The topological polar surface area (TPSA) is 43.1 Å². The maximum absolute atomic E-state index is 13.6. The van der Waals surface area contributed by atoms with E-state index in [2.05, 4.69) is 0 Å².